The number of nitrogens with two attached hydrogens (primary N) is 2. The smallest absolute Gasteiger partial charge is 0.323 e. The van der Waals surface area contributed by atoms with E-state index in [9.17, 15) is 9.59 Å². The molecule has 0 fully saturated rings. The molecule has 2 aliphatic heterocycles. The molecule has 0 spiro atoms. The van der Waals surface area contributed by atoms with E-state index < -0.39 is 50.1 Å². The van der Waals surface area contributed by atoms with Crippen LogP contribution in [0.25, 0.3) is 0 Å². The number of fused-ring (bicyclic) bond motifs is 1. The summed E-state index contributed by atoms with van der Waals surface area (Å²) in [4.78, 5) is 36.5. The zero-order valence-electron chi connectivity index (χ0n) is 19.9. The average molecular weight is 332 g/mol. The molecular formula is C13H20N6O4. The standard InChI is InChI=1S/C13H20N6O4/c1-7(2)8(14)12(21)23-4-3-22-6-19-5-16-9-10(19)17-13(15)18-11(9)20/h5,7-9H,3-4,6,14H2,1-2H3,(H2,15,18,20)/t8-,9?/m0/s1/i1D3,2D3,7D,8D. The summed E-state index contributed by atoms with van der Waals surface area (Å²) >= 11 is 0. The average Bonchev–Trinajstić information content (AvgIpc) is 3.01. The van der Waals surface area contributed by atoms with Crippen molar-refractivity contribution in [2.24, 2.45) is 32.3 Å². The third-order valence-electron chi connectivity index (χ3n) is 2.76. The van der Waals surface area contributed by atoms with E-state index in [1.54, 1.807) is 0 Å². The number of rotatable bonds is 7. The van der Waals surface area contributed by atoms with Crippen LogP contribution < -0.4 is 11.5 Å². The highest BCUT2D eigenvalue weighted by Crippen LogP contribution is 2.13. The summed E-state index contributed by atoms with van der Waals surface area (Å²) < 4.78 is 69.5. The molecule has 0 saturated heterocycles. The van der Waals surface area contributed by atoms with Crippen LogP contribution in [0.3, 0.4) is 0 Å². The minimum absolute atomic E-state index is 0.182. The number of amidine groups is 1. The van der Waals surface area contributed by atoms with Gasteiger partial charge in [0.2, 0.25) is 5.96 Å². The maximum absolute atomic E-state index is 12.2. The summed E-state index contributed by atoms with van der Waals surface area (Å²) in [6.07, 6.45) is 1.28. The van der Waals surface area contributed by atoms with Crippen LogP contribution in [0, 0.1) is 5.89 Å². The molecule has 2 heterocycles. The molecule has 0 radical (unpaired) electrons. The lowest BCUT2D eigenvalue weighted by molar-refractivity contribution is -0.148. The molecule has 0 aromatic carbocycles. The largest absolute Gasteiger partial charge is 0.462 e. The van der Waals surface area contributed by atoms with Crippen LogP contribution in [0.5, 0.6) is 0 Å². The molecule has 0 bridgehead atoms. The van der Waals surface area contributed by atoms with Crippen molar-refractivity contribution in [1.29, 1.82) is 0 Å². The summed E-state index contributed by atoms with van der Waals surface area (Å²) in [5.74, 6) is -5.99. The first kappa shape index (κ1) is 9.08. The molecule has 10 nitrogen and oxygen atoms in total. The highest BCUT2D eigenvalue weighted by molar-refractivity contribution is 6.21. The maximum Gasteiger partial charge on any atom is 0.323 e. The van der Waals surface area contributed by atoms with Crippen molar-refractivity contribution in [3.8, 4) is 0 Å². The van der Waals surface area contributed by atoms with E-state index in [2.05, 4.69) is 19.7 Å². The maximum atomic E-state index is 12.2. The van der Waals surface area contributed by atoms with Gasteiger partial charge in [0.1, 0.15) is 19.4 Å². The Bertz CT molecular complexity index is 823. The minimum atomic E-state index is -3.64. The Hall–Kier alpha value is -2.33. The lowest BCUT2D eigenvalue weighted by Gasteiger charge is -2.19. The van der Waals surface area contributed by atoms with E-state index in [1.807, 2.05) is 0 Å². The van der Waals surface area contributed by atoms with E-state index in [-0.39, 0.29) is 25.1 Å². The number of esters is 1. The fourth-order valence-corrected chi connectivity index (χ4v) is 1.68. The SMILES string of the molecule is [2H]C([2H])([2H])C([2H])(C([2H])([2H])[2H])[C@]([2H])(N)C(=O)OCCOCN1C=NC2C(=O)N=C(N)N=C21. The quantitative estimate of drug-likeness (QED) is 0.424. The Kier molecular flexibility index (Phi) is 2.88. The molecule has 2 atom stereocenters. The zero-order chi connectivity index (χ0) is 23.8. The Morgan fingerprint density at radius 1 is 1.52 bits per heavy atom. The molecule has 10 heteroatoms. The topological polar surface area (TPSA) is 145 Å². The molecule has 0 aromatic heterocycles. The van der Waals surface area contributed by atoms with Gasteiger partial charge in [-0.1, -0.05) is 13.7 Å². The predicted octanol–water partition coefficient (Wildman–Crippen LogP) is -1.55. The van der Waals surface area contributed by atoms with E-state index >= 15 is 0 Å². The van der Waals surface area contributed by atoms with Crippen LogP contribution in [0.2, 0.25) is 0 Å². The molecule has 4 N–H and O–H groups in total. The number of ether oxygens (including phenoxy) is 2. The molecule has 2 rings (SSSR count). The fraction of sp³-hybridized carbons (Fsp3) is 0.615. The van der Waals surface area contributed by atoms with Crippen molar-refractivity contribution in [2.45, 2.75) is 25.8 Å². The van der Waals surface area contributed by atoms with Crippen LogP contribution in [-0.2, 0) is 19.1 Å². The molecule has 2 aliphatic rings. The van der Waals surface area contributed by atoms with Crippen molar-refractivity contribution >= 4 is 30.0 Å². The van der Waals surface area contributed by atoms with Crippen molar-refractivity contribution in [1.82, 2.24) is 4.90 Å². The summed E-state index contributed by atoms with van der Waals surface area (Å²) in [5.41, 5.74) is 10.8. The molecule has 0 aliphatic carbocycles. The number of nitrogens with zero attached hydrogens (tertiary/aromatic N) is 4. The number of carbonyl (C=O) groups excluding carboxylic acids is 2. The lowest BCUT2D eigenvalue weighted by Crippen LogP contribution is -2.41. The van der Waals surface area contributed by atoms with Crippen molar-refractivity contribution < 1.29 is 30.0 Å². The van der Waals surface area contributed by atoms with Gasteiger partial charge >= 0.3 is 5.97 Å². The summed E-state index contributed by atoms with van der Waals surface area (Å²) in [6, 6.07) is -4.35. The highest BCUT2D eigenvalue weighted by Gasteiger charge is 2.35. The van der Waals surface area contributed by atoms with Gasteiger partial charge in [-0.2, -0.15) is 9.98 Å². The van der Waals surface area contributed by atoms with Crippen LogP contribution in [0.4, 0.5) is 0 Å². The van der Waals surface area contributed by atoms with Gasteiger partial charge in [-0.15, -0.1) is 0 Å². The first-order chi connectivity index (χ1) is 14.0. The van der Waals surface area contributed by atoms with Gasteiger partial charge in [0.15, 0.2) is 11.9 Å². The van der Waals surface area contributed by atoms with Crippen molar-refractivity contribution in [3.05, 3.63) is 0 Å². The Morgan fingerprint density at radius 3 is 3.04 bits per heavy atom. The van der Waals surface area contributed by atoms with E-state index in [0.717, 1.165) is 0 Å². The summed E-state index contributed by atoms with van der Waals surface area (Å²) in [5, 5.41) is 0. The summed E-state index contributed by atoms with van der Waals surface area (Å²) in [7, 11) is 0. The lowest BCUT2D eigenvalue weighted by atomic mass is 10.1. The van der Waals surface area contributed by atoms with Gasteiger partial charge < -0.3 is 20.9 Å². The molecular weight excluding hydrogens is 304 g/mol. The highest BCUT2D eigenvalue weighted by atomic mass is 16.6. The molecule has 1 unspecified atom stereocenters. The van der Waals surface area contributed by atoms with Gasteiger partial charge in [0.25, 0.3) is 5.91 Å². The van der Waals surface area contributed by atoms with Crippen LogP contribution in [0.1, 0.15) is 24.7 Å². The number of amides is 1. The van der Waals surface area contributed by atoms with Gasteiger partial charge in [0.05, 0.1) is 14.3 Å². The number of carbonyl (C=O) groups is 2. The second-order valence-corrected chi connectivity index (χ2v) is 4.38. The monoisotopic (exact) mass is 332 g/mol. The van der Waals surface area contributed by atoms with Gasteiger partial charge in [-0.05, 0) is 5.89 Å². The number of guanidine groups is 1. The minimum Gasteiger partial charge on any atom is -0.462 e. The molecule has 1 amide bonds. The number of hydrogen-bond acceptors (Lipinski definition) is 9. The molecule has 126 valence electrons. The number of hydrogen-bond donors (Lipinski definition) is 2. The van der Waals surface area contributed by atoms with Crippen molar-refractivity contribution in [3.63, 3.8) is 0 Å². The Labute approximate surface area is 144 Å². The zero-order valence-corrected chi connectivity index (χ0v) is 11.9. The molecule has 23 heavy (non-hydrogen) atoms. The van der Waals surface area contributed by atoms with E-state index in [4.69, 9.17) is 27.2 Å². The van der Waals surface area contributed by atoms with Crippen LogP contribution >= 0.6 is 0 Å². The van der Waals surface area contributed by atoms with E-state index in [0.29, 0.717) is 0 Å². The number of aliphatic imine (C=N–C) groups is 3. The first-order valence-electron chi connectivity index (χ1n) is 10.3. The van der Waals surface area contributed by atoms with Gasteiger partial charge in [-0.25, -0.2) is 0 Å². The first-order valence-corrected chi connectivity index (χ1v) is 6.34. The van der Waals surface area contributed by atoms with Crippen LogP contribution in [-0.4, -0.2) is 66.9 Å². The fourth-order valence-electron chi connectivity index (χ4n) is 1.68. The van der Waals surface area contributed by atoms with Crippen molar-refractivity contribution in [2.75, 3.05) is 19.9 Å². The van der Waals surface area contributed by atoms with Crippen LogP contribution in [0.15, 0.2) is 15.0 Å². The Morgan fingerprint density at radius 2 is 2.30 bits per heavy atom. The third kappa shape index (κ3) is 4.11. The van der Waals surface area contributed by atoms with Gasteiger partial charge in [0, 0.05) is 9.60 Å². The second kappa shape index (κ2) is 7.29. The third-order valence-corrected chi connectivity index (χ3v) is 2.76. The van der Waals surface area contributed by atoms with E-state index in [1.165, 1.54) is 11.2 Å². The molecule has 0 saturated carbocycles. The predicted molar refractivity (Wildman–Crippen MR) is 82.8 cm³/mol. The van der Waals surface area contributed by atoms with Gasteiger partial charge in [-0.3, -0.25) is 19.5 Å². The second-order valence-electron chi connectivity index (χ2n) is 4.38. The normalized spacial score (nSPS) is 29.2. The Balaban J connectivity index is 1.91. The summed E-state index contributed by atoms with van der Waals surface area (Å²) in [6.45, 7) is -8.16. The molecule has 0 aromatic rings.